The van der Waals surface area contributed by atoms with Crippen LogP contribution in [0.15, 0.2) is 66.0 Å². The number of benzene rings is 2. The number of amides is 2. The summed E-state index contributed by atoms with van der Waals surface area (Å²) in [6.45, 7) is 5.59. The summed E-state index contributed by atoms with van der Waals surface area (Å²) in [7, 11) is 0. The zero-order valence-electron chi connectivity index (χ0n) is 20.9. The molecule has 0 unspecified atom stereocenters. The minimum atomic E-state index is -0.363. The SMILES string of the molecule is CC(C)CCN(CC(=O)N1CCc2sccc2[C@@H]1COc1cccc(F)c1)C(=O)Cc1ccccc1. The molecule has 4 rings (SSSR count). The third kappa shape index (κ3) is 6.72. The first-order valence-corrected chi connectivity index (χ1v) is 13.3. The summed E-state index contributed by atoms with van der Waals surface area (Å²) in [5, 5.41) is 2.03. The van der Waals surface area contributed by atoms with Crippen LogP contribution in [0.5, 0.6) is 5.75 Å². The van der Waals surface area contributed by atoms with Crippen LogP contribution in [0.3, 0.4) is 0 Å². The number of carbonyl (C=O) groups is 2. The summed E-state index contributed by atoms with van der Waals surface area (Å²) >= 11 is 1.68. The van der Waals surface area contributed by atoms with Gasteiger partial charge in [0.1, 0.15) is 18.2 Å². The maximum atomic E-state index is 13.7. The van der Waals surface area contributed by atoms with E-state index in [4.69, 9.17) is 4.74 Å². The highest BCUT2D eigenvalue weighted by Gasteiger charge is 2.33. The van der Waals surface area contributed by atoms with Gasteiger partial charge in [0.2, 0.25) is 11.8 Å². The molecule has 2 heterocycles. The lowest BCUT2D eigenvalue weighted by molar-refractivity contribution is -0.142. The van der Waals surface area contributed by atoms with Crippen molar-refractivity contribution in [2.24, 2.45) is 5.92 Å². The van der Waals surface area contributed by atoms with Gasteiger partial charge in [-0.15, -0.1) is 11.3 Å². The molecule has 0 saturated carbocycles. The molecular formula is C29H33FN2O3S. The zero-order valence-corrected chi connectivity index (χ0v) is 21.7. The highest BCUT2D eigenvalue weighted by atomic mass is 32.1. The average molecular weight is 509 g/mol. The predicted molar refractivity (Wildman–Crippen MR) is 141 cm³/mol. The van der Waals surface area contributed by atoms with Crippen molar-refractivity contribution in [3.63, 3.8) is 0 Å². The Balaban J connectivity index is 1.49. The number of rotatable bonds is 10. The van der Waals surface area contributed by atoms with Gasteiger partial charge < -0.3 is 14.5 Å². The molecule has 36 heavy (non-hydrogen) atoms. The molecule has 0 radical (unpaired) electrons. The number of nitrogens with zero attached hydrogens (tertiary/aromatic N) is 2. The van der Waals surface area contributed by atoms with Crippen molar-refractivity contribution < 1.29 is 18.7 Å². The van der Waals surface area contributed by atoms with E-state index >= 15 is 0 Å². The standard InChI is InChI=1S/C29H33FN2O3S/c1-21(2)11-14-31(28(33)17-22-7-4-3-5-8-22)19-29(34)32-15-12-27-25(13-16-36-27)26(32)20-35-24-10-6-9-23(30)18-24/h3-10,13,16,18,21,26H,11-12,14-15,17,19-20H2,1-2H3/t26-/m0/s1. The van der Waals surface area contributed by atoms with E-state index in [1.807, 2.05) is 46.7 Å². The molecule has 0 bridgehead atoms. The molecule has 1 atom stereocenters. The summed E-state index contributed by atoms with van der Waals surface area (Å²) in [6, 6.07) is 17.4. The molecule has 1 aliphatic rings. The smallest absolute Gasteiger partial charge is 0.242 e. The molecule has 1 aliphatic heterocycles. The highest BCUT2D eigenvalue weighted by Crippen LogP contribution is 2.34. The second-order valence-corrected chi connectivity index (χ2v) is 10.6. The van der Waals surface area contributed by atoms with E-state index in [-0.39, 0.29) is 43.2 Å². The maximum absolute atomic E-state index is 13.7. The lowest BCUT2D eigenvalue weighted by Crippen LogP contribution is -2.48. The van der Waals surface area contributed by atoms with Gasteiger partial charge in [0.05, 0.1) is 19.0 Å². The molecule has 2 amide bonds. The molecule has 0 fully saturated rings. The van der Waals surface area contributed by atoms with Crippen LogP contribution in [0.1, 0.15) is 42.3 Å². The van der Waals surface area contributed by atoms with Crippen LogP contribution in [0.4, 0.5) is 4.39 Å². The zero-order chi connectivity index (χ0) is 25.5. The minimum absolute atomic E-state index is 0.0360. The lowest BCUT2D eigenvalue weighted by atomic mass is 10.00. The number of halogens is 1. The van der Waals surface area contributed by atoms with Gasteiger partial charge in [-0.3, -0.25) is 9.59 Å². The Kier molecular flexibility index (Phi) is 8.75. The Morgan fingerprint density at radius 2 is 1.94 bits per heavy atom. The van der Waals surface area contributed by atoms with Crippen molar-refractivity contribution >= 4 is 23.2 Å². The molecular weight excluding hydrogens is 475 g/mol. The van der Waals surface area contributed by atoms with E-state index in [1.54, 1.807) is 28.4 Å². The molecule has 3 aromatic rings. The van der Waals surface area contributed by atoms with Crippen molar-refractivity contribution in [2.45, 2.75) is 39.2 Å². The van der Waals surface area contributed by atoms with Crippen LogP contribution >= 0.6 is 11.3 Å². The normalized spacial score (nSPS) is 15.0. The van der Waals surface area contributed by atoms with Crippen LogP contribution in [-0.4, -0.2) is 47.9 Å². The molecule has 0 spiro atoms. The largest absolute Gasteiger partial charge is 0.491 e. The monoisotopic (exact) mass is 508 g/mol. The van der Waals surface area contributed by atoms with Crippen molar-refractivity contribution in [3.05, 3.63) is 87.9 Å². The summed E-state index contributed by atoms with van der Waals surface area (Å²) in [4.78, 5) is 31.6. The Labute approximate surface area is 216 Å². The quantitative estimate of drug-likeness (QED) is 0.363. The van der Waals surface area contributed by atoms with Gasteiger partial charge in [-0.05, 0) is 53.5 Å². The van der Waals surface area contributed by atoms with Gasteiger partial charge in [0.25, 0.3) is 0 Å². The van der Waals surface area contributed by atoms with E-state index in [1.165, 1.54) is 17.0 Å². The average Bonchev–Trinajstić information content (AvgIpc) is 3.34. The van der Waals surface area contributed by atoms with E-state index in [0.717, 1.165) is 24.0 Å². The van der Waals surface area contributed by atoms with Crippen molar-refractivity contribution in [3.8, 4) is 5.75 Å². The molecule has 0 saturated heterocycles. The summed E-state index contributed by atoms with van der Waals surface area (Å²) in [6.07, 6.45) is 1.88. The number of fused-ring (bicyclic) bond motifs is 1. The fraction of sp³-hybridized carbons (Fsp3) is 0.379. The molecule has 2 aromatic carbocycles. The summed E-state index contributed by atoms with van der Waals surface area (Å²) in [5.41, 5.74) is 2.01. The molecule has 5 nitrogen and oxygen atoms in total. The molecule has 7 heteroatoms. The summed E-state index contributed by atoms with van der Waals surface area (Å²) < 4.78 is 19.6. The second kappa shape index (κ2) is 12.2. The number of thiophene rings is 1. The Morgan fingerprint density at radius 3 is 2.69 bits per heavy atom. The second-order valence-electron chi connectivity index (χ2n) is 9.58. The van der Waals surface area contributed by atoms with Gasteiger partial charge in [0, 0.05) is 24.0 Å². The minimum Gasteiger partial charge on any atom is -0.491 e. The topological polar surface area (TPSA) is 49.9 Å². The maximum Gasteiger partial charge on any atom is 0.242 e. The van der Waals surface area contributed by atoms with Crippen LogP contribution in [-0.2, 0) is 22.4 Å². The number of carbonyl (C=O) groups excluding carboxylic acids is 2. The van der Waals surface area contributed by atoms with Gasteiger partial charge in [-0.2, -0.15) is 0 Å². The fourth-order valence-corrected chi connectivity index (χ4v) is 5.38. The highest BCUT2D eigenvalue weighted by molar-refractivity contribution is 7.10. The lowest BCUT2D eigenvalue weighted by Gasteiger charge is -2.37. The van der Waals surface area contributed by atoms with Crippen LogP contribution in [0.25, 0.3) is 0 Å². The number of hydrogen-bond acceptors (Lipinski definition) is 4. The first-order chi connectivity index (χ1) is 17.4. The van der Waals surface area contributed by atoms with Crippen LogP contribution in [0, 0.1) is 11.7 Å². The van der Waals surface area contributed by atoms with Crippen molar-refractivity contribution in [1.29, 1.82) is 0 Å². The number of hydrogen-bond donors (Lipinski definition) is 0. The summed E-state index contributed by atoms with van der Waals surface area (Å²) in [5.74, 6) is 0.350. The van der Waals surface area contributed by atoms with Crippen molar-refractivity contribution in [2.75, 3.05) is 26.2 Å². The third-order valence-corrected chi connectivity index (χ3v) is 7.47. The third-order valence-electron chi connectivity index (χ3n) is 6.47. The van der Waals surface area contributed by atoms with Crippen molar-refractivity contribution in [1.82, 2.24) is 9.80 Å². The van der Waals surface area contributed by atoms with Crippen LogP contribution in [0.2, 0.25) is 0 Å². The molecule has 1 aromatic heterocycles. The Morgan fingerprint density at radius 1 is 1.14 bits per heavy atom. The van der Waals surface area contributed by atoms with Gasteiger partial charge >= 0.3 is 0 Å². The molecule has 0 N–H and O–H groups in total. The Hall–Kier alpha value is -3.19. The molecule has 190 valence electrons. The van der Waals surface area contributed by atoms with Gasteiger partial charge in [-0.1, -0.05) is 50.2 Å². The van der Waals surface area contributed by atoms with Gasteiger partial charge in [-0.25, -0.2) is 4.39 Å². The molecule has 0 aliphatic carbocycles. The van der Waals surface area contributed by atoms with E-state index in [9.17, 15) is 14.0 Å². The van der Waals surface area contributed by atoms with E-state index in [0.29, 0.717) is 24.8 Å². The first kappa shape index (κ1) is 25.9. The number of ether oxygens (including phenoxy) is 1. The Bertz CT molecular complexity index is 1160. The fourth-order valence-electron chi connectivity index (χ4n) is 4.45. The predicted octanol–water partition coefficient (Wildman–Crippen LogP) is 5.51. The van der Waals surface area contributed by atoms with Gasteiger partial charge in [0.15, 0.2) is 0 Å². The van der Waals surface area contributed by atoms with E-state index in [2.05, 4.69) is 13.8 Å². The van der Waals surface area contributed by atoms with Crippen LogP contribution < -0.4 is 4.74 Å². The van der Waals surface area contributed by atoms with E-state index < -0.39 is 0 Å². The first-order valence-electron chi connectivity index (χ1n) is 12.5.